The molecule has 0 aliphatic carbocycles. The van der Waals surface area contributed by atoms with Gasteiger partial charge in [-0.1, -0.05) is 48.2 Å². The Labute approximate surface area is 208 Å². The maximum Gasteiger partial charge on any atom is 0.282 e. The molecule has 0 saturated heterocycles. The van der Waals surface area contributed by atoms with Gasteiger partial charge in [0.05, 0.1) is 16.7 Å². The zero-order chi connectivity index (χ0) is 24.0. The molecule has 4 aromatic rings. The second-order valence-corrected chi connectivity index (χ2v) is 10.1. The van der Waals surface area contributed by atoms with E-state index in [1.54, 1.807) is 46.7 Å². The first kappa shape index (κ1) is 22.6. The Morgan fingerprint density at radius 1 is 1.09 bits per heavy atom. The SMILES string of the molecule is C=CCn1c(=c2c(=C)[nH]n(-c3ccc(Cl)cc3)c2=O)s/c(=C2/Sc3ccccc3N2CC)c1=O. The lowest BCUT2D eigenvalue weighted by Gasteiger charge is -2.16. The number of aromatic nitrogens is 3. The highest BCUT2D eigenvalue weighted by molar-refractivity contribution is 8.08. The van der Waals surface area contributed by atoms with Crippen molar-refractivity contribution in [1.29, 1.82) is 0 Å². The number of thiazole rings is 1. The van der Waals surface area contributed by atoms with Gasteiger partial charge in [-0.15, -0.1) is 17.9 Å². The number of halogens is 1. The summed E-state index contributed by atoms with van der Waals surface area (Å²) in [5, 5.41) is 5.30. The molecule has 0 unspecified atom stereocenters. The van der Waals surface area contributed by atoms with Crippen molar-refractivity contribution >= 4 is 52.0 Å². The molecule has 0 atom stereocenters. The number of hydrogen-bond acceptors (Lipinski definition) is 5. The monoisotopic (exact) mass is 508 g/mol. The van der Waals surface area contributed by atoms with Crippen LogP contribution in [-0.2, 0) is 6.54 Å². The van der Waals surface area contributed by atoms with E-state index >= 15 is 0 Å². The number of aromatic amines is 1. The molecule has 3 heterocycles. The third-order valence-electron chi connectivity index (χ3n) is 5.58. The zero-order valence-corrected chi connectivity index (χ0v) is 20.8. The maximum atomic E-state index is 13.6. The molecule has 9 heteroatoms. The minimum atomic E-state index is -0.280. The molecule has 0 fully saturated rings. The third-order valence-corrected chi connectivity index (χ3v) is 8.33. The molecule has 6 nitrogen and oxygen atoms in total. The topological polar surface area (TPSA) is 63.0 Å². The molecular weight excluding hydrogens is 488 g/mol. The molecular formula is C25H21ClN4O2S2. The van der Waals surface area contributed by atoms with Gasteiger partial charge in [0.15, 0.2) is 0 Å². The van der Waals surface area contributed by atoms with E-state index in [-0.39, 0.29) is 17.7 Å². The Morgan fingerprint density at radius 3 is 2.53 bits per heavy atom. The summed E-state index contributed by atoms with van der Waals surface area (Å²) in [4.78, 5) is 30.3. The second-order valence-electron chi connectivity index (χ2n) is 7.64. The average molecular weight is 509 g/mol. The van der Waals surface area contributed by atoms with Crippen LogP contribution in [0.4, 0.5) is 5.69 Å². The van der Waals surface area contributed by atoms with Crippen LogP contribution in [-0.4, -0.2) is 20.9 Å². The van der Waals surface area contributed by atoms with E-state index in [9.17, 15) is 9.59 Å². The molecule has 1 aliphatic rings. The molecule has 1 aliphatic heterocycles. The van der Waals surface area contributed by atoms with Crippen molar-refractivity contribution in [1.82, 2.24) is 14.3 Å². The number of fused-ring (bicyclic) bond motifs is 1. The van der Waals surface area contributed by atoms with Crippen LogP contribution < -0.4 is 25.9 Å². The van der Waals surface area contributed by atoms with Crippen molar-refractivity contribution in [2.45, 2.75) is 18.4 Å². The van der Waals surface area contributed by atoms with E-state index in [4.69, 9.17) is 11.6 Å². The second kappa shape index (κ2) is 8.87. The van der Waals surface area contributed by atoms with Crippen LogP contribution >= 0.6 is 34.7 Å². The van der Waals surface area contributed by atoms with Gasteiger partial charge in [-0.25, -0.2) is 4.68 Å². The van der Waals surface area contributed by atoms with Gasteiger partial charge in [-0.3, -0.25) is 19.3 Å². The van der Waals surface area contributed by atoms with E-state index in [2.05, 4.69) is 42.2 Å². The molecule has 0 saturated carbocycles. The van der Waals surface area contributed by atoms with Gasteiger partial charge in [-0.2, -0.15) is 0 Å². The Balaban J connectivity index is 1.87. The molecule has 1 N–H and O–H groups in total. The molecule has 2 aromatic carbocycles. The molecule has 34 heavy (non-hydrogen) atoms. The lowest BCUT2D eigenvalue weighted by molar-refractivity contribution is 0.774. The Hall–Kier alpha value is -3.20. The number of rotatable bonds is 4. The average Bonchev–Trinajstić information content (AvgIpc) is 3.45. The van der Waals surface area contributed by atoms with E-state index < -0.39 is 0 Å². The number of nitrogens with zero attached hydrogens (tertiary/aromatic N) is 3. The van der Waals surface area contributed by atoms with Crippen molar-refractivity contribution in [3.05, 3.63) is 107 Å². The summed E-state index contributed by atoms with van der Waals surface area (Å²) < 4.78 is 4.17. The lowest BCUT2D eigenvalue weighted by atomic mass is 10.3. The molecule has 0 radical (unpaired) electrons. The molecule has 0 amide bonds. The third kappa shape index (κ3) is 3.58. The number of allylic oxidation sites excluding steroid dienone is 1. The zero-order valence-electron chi connectivity index (χ0n) is 18.4. The minimum absolute atomic E-state index is 0.147. The first-order valence-electron chi connectivity index (χ1n) is 10.6. The van der Waals surface area contributed by atoms with E-state index in [1.165, 1.54) is 16.0 Å². The van der Waals surface area contributed by atoms with Gasteiger partial charge in [0.2, 0.25) is 0 Å². The number of anilines is 1. The fourth-order valence-electron chi connectivity index (χ4n) is 4.02. The highest BCUT2D eigenvalue weighted by Crippen LogP contribution is 2.45. The summed E-state index contributed by atoms with van der Waals surface area (Å²) in [7, 11) is 0. The van der Waals surface area contributed by atoms with Crippen molar-refractivity contribution < 1.29 is 0 Å². The van der Waals surface area contributed by atoms with Crippen molar-refractivity contribution in [3.8, 4) is 5.69 Å². The Morgan fingerprint density at radius 2 is 1.82 bits per heavy atom. The van der Waals surface area contributed by atoms with Gasteiger partial charge >= 0.3 is 0 Å². The quantitative estimate of drug-likeness (QED) is 0.428. The number of hydrogen-bond donors (Lipinski definition) is 1. The fraction of sp³-hybridized carbons (Fsp3) is 0.120. The van der Waals surface area contributed by atoms with E-state index in [0.717, 1.165) is 22.2 Å². The normalized spacial score (nSPS) is 15.5. The largest absolute Gasteiger partial charge is 0.334 e. The molecule has 0 spiro atoms. The van der Waals surface area contributed by atoms with Crippen molar-refractivity contribution in [2.24, 2.45) is 0 Å². The van der Waals surface area contributed by atoms with Gasteiger partial charge in [0.25, 0.3) is 11.1 Å². The van der Waals surface area contributed by atoms with Crippen LogP contribution in [0.1, 0.15) is 6.92 Å². The summed E-state index contributed by atoms with van der Waals surface area (Å²) in [6.07, 6.45) is 1.66. The summed E-state index contributed by atoms with van der Waals surface area (Å²) in [5.41, 5.74) is 1.29. The Bertz CT molecular complexity index is 1750. The summed E-state index contributed by atoms with van der Waals surface area (Å²) >= 11 is 8.89. The lowest BCUT2D eigenvalue weighted by Crippen LogP contribution is -2.32. The van der Waals surface area contributed by atoms with Crippen LogP contribution in [0.25, 0.3) is 17.3 Å². The standard InChI is InChI=1S/C25H21ClN4O2S2/c1-4-14-29-23(32)21(25-28(5-2)18-8-6-7-9-19(18)33-25)34-24(29)20-15(3)27-30(22(20)31)17-12-10-16(26)11-13-17/h4,6-13,27H,1,3,5,14H2,2H3/b24-20?,25-21+. The molecule has 0 bridgehead atoms. The predicted molar refractivity (Wildman–Crippen MR) is 141 cm³/mol. The van der Waals surface area contributed by atoms with Gasteiger partial charge < -0.3 is 4.90 Å². The Kier molecular flexibility index (Phi) is 5.89. The first-order chi connectivity index (χ1) is 16.4. The van der Waals surface area contributed by atoms with Crippen LogP contribution in [0.5, 0.6) is 0 Å². The van der Waals surface area contributed by atoms with Crippen LogP contribution in [0.2, 0.25) is 5.02 Å². The van der Waals surface area contributed by atoms with Gasteiger partial charge in [-0.05, 0) is 43.3 Å². The van der Waals surface area contributed by atoms with Gasteiger partial charge in [0.1, 0.15) is 19.4 Å². The van der Waals surface area contributed by atoms with Crippen molar-refractivity contribution in [3.63, 3.8) is 0 Å². The number of thioether (sulfide) groups is 1. The summed E-state index contributed by atoms with van der Waals surface area (Å²) in [5.74, 6) is 0. The van der Waals surface area contributed by atoms with E-state index in [0.29, 0.717) is 30.5 Å². The highest BCUT2D eigenvalue weighted by atomic mass is 35.5. The molecule has 172 valence electrons. The first-order valence-corrected chi connectivity index (χ1v) is 12.6. The number of H-pyrrole nitrogens is 1. The van der Waals surface area contributed by atoms with Crippen LogP contribution in [0, 0.1) is 9.88 Å². The minimum Gasteiger partial charge on any atom is -0.334 e. The summed E-state index contributed by atoms with van der Waals surface area (Å²) in [6, 6.07) is 15.0. The number of benzene rings is 2. The predicted octanol–water partition coefficient (Wildman–Crippen LogP) is 3.62. The number of nitrogens with one attached hydrogen (secondary N) is 1. The highest BCUT2D eigenvalue weighted by Gasteiger charge is 2.26. The van der Waals surface area contributed by atoms with Crippen molar-refractivity contribution in [2.75, 3.05) is 11.4 Å². The number of para-hydroxylation sites is 1. The van der Waals surface area contributed by atoms with Gasteiger partial charge in [0, 0.05) is 23.0 Å². The maximum absolute atomic E-state index is 13.6. The van der Waals surface area contributed by atoms with Crippen LogP contribution in [0.15, 0.2) is 75.7 Å². The smallest absolute Gasteiger partial charge is 0.282 e. The van der Waals surface area contributed by atoms with Crippen LogP contribution in [0.3, 0.4) is 0 Å². The molecule has 5 rings (SSSR count). The molecule has 2 aromatic heterocycles. The summed E-state index contributed by atoms with van der Waals surface area (Å²) in [6.45, 7) is 10.9. The fourth-order valence-corrected chi connectivity index (χ4v) is 6.72. The van der Waals surface area contributed by atoms with E-state index in [1.807, 2.05) is 12.1 Å².